The lowest BCUT2D eigenvalue weighted by atomic mass is 10.2. The Morgan fingerprint density at radius 2 is 2.09 bits per heavy atom. The van der Waals surface area contributed by atoms with Crippen LogP contribution in [-0.2, 0) is 4.79 Å². The second-order valence-electron chi connectivity index (χ2n) is 5.22. The molecule has 1 atom stereocenters. The number of nitrogens with one attached hydrogen (secondary N) is 1. The molecule has 1 aliphatic rings. The van der Waals surface area contributed by atoms with Gasteiger partial charge < -0.3 is 19.9 Å². The minimum Gasteiger partial charge on any atom is -0.406 e. The van der Waals surface area contributed by atoms with Crippen molar-refractivity contribution >= 4 is 17.6 Å². The number of alkyl halides is 3. The third kappa shape index (κ3) is 4.27. The molecule has 9 heteroatoms. The van der Waals surface area contributed by atoms with Crippen molar-refractivity contribution in [3.8, 4) is 5.75 Å². The summed E-state index contributed by atoms with van der Waals surface area (Å²) < 4.78 is 40.6. The molecule has 1 fully saturated rings. The number of urea groups is 1. The first kappa shape index (κ1) is 16.9. The van der Waals surface area contributed by atoms with E-state index in [1.807, 2.05) is 0 Å². The lowest BCUT2D eigenvalue weighted by Gasteiger charge is -2.19. The van der Waals surface area contributed by atoms with E-state index in [9.17, 15) is 22.8 Å². The molecule has 0 aromatic heterocycles. The van der Waals surface area contributed by atoms with Crippen molar-refractivity contribution in [2.45, 2.75) is 18.8 Å². The van der Waals surface area contributed by atoms with E-state index >= 15 is 0 Å². The van der Waals surface area contributed by atoms with Crippen LogP contribution in [0.3, 0.4) is 0 Å². The summed E-state index contributed by atoms with van der Waals surface area (Å²) in [5, 5.41) is 2.57. The van der Waals surface area contributed by atoms with Gasteiger partial charge in [0, 0.05) is 32.4 Å². The first-order valence-corrected chi connectivity index (χ1v) is 6.82. The van der Waals surface area contributed by atoms with Gasteiger partial charge in [-0.1, -0.05) is 6.07 Å². The highest BCUT2D eigenvalue weighted by Gasteiger charge is 2.35. The van der Waals surface area contributed by atoms with Crippen molar-refractivity contribution < 1.29 is 27.5 Å². The molecule has 1 N–H and O–H groups in total. The number of amides is 3. The zero-order chi connectivity index (χ0) is 17.2. The van der Waals surface area contributed by atoms with Crippen molar-refractivity contribution in [2.75, 3.05) is 25.5 Å². The summed E-state index contributed by atoms with van der Waals surface area (Å²) in [4.78, 5) is 26.5. The van der Waals surface area contributed by atoms with E-state index in [2.05, 4.69) is 10.1 Å². The molecule has 3 amide bonds. The molecule has 0 radical (unpaired) electrons. The molecule has 0 saturated carbocycles. The molecule has 1 aliphatic heterocycles. The van der Waals surface area contributed by atoms with Gasteiger partial charge in [0.1, 0.15) is 11.8 Å². The molecule has 126 valence electrons. The standard InChI is InChI=1S/C14H16F3N3O3/c1-19(2)13(22)18-11-6-7-20(12(11)21)9-4-3-5-10(8-9)23-14(15,16)17/h3-5,8,11H,6-7H2,1-2H3,(H,18,22)/t11-/m0/s1. The molecule has 0 spiro atoms. The Hall–Kier alpha value is -2.45. The quantitative estimate of drug-likeness (QED) is 0.921. The maximum absolute atomic E-state index is 12.3. The summed E-state index contributed by atoms with van der Waals surface area (Å²) in [5.41, 5.74) is 0.290. The highest BCUT2D eigenvalue weighted by atomic mass is 19.4. The number of carbonyl (C=O) groups is 2. The Bertz CT molecular complexity index is 604. The Morgan fingerprint density at radius 3 is 2.70 bits per heavy atom. The first-order chi connectivity index (χ1) is 10.7. The fraction of sp³-hybridized carbons (Fsp3) is 0.429. The maximum Gasteiger partial charge on any atom is 0.573 e. The third-order valence-corrected chi connectivity index (χ3v) is 3.27. The molecular weight excluding hydrogens is 315 g/mol. The number of nitrogens with zero attached hydrogens (tertiary/aromatic N) is 2. The number of ether oxygens (including phenoxy) is 1. The molecular formula is C14H16F3N3O3. The van der Waals surface area contributed by atoms with Crippen LogP contribution in [0.2, 0.25) is 0 Å². The minimum atomic E-state index is -4.80. The monoisotopic (exact) mass is 331 g/mol. The third-order valence-electron chi connectivity index (χ3n) is 3.27. The summed E-state index contributed by atoms with van der Waals surface area (Å²) in [7, 11) is 3.09. The molecule has 6 nitrogen and oxygen atoms in total. The van der Waals surface area contributed by atoms with Crippen LogP contribution in [0.4, 0.5) is 23.7 Å². The second kappa shape index (κ2) is 6.35. The highest BCUT2D eigenvalue weighted by Crippen LogP contribution is 2.29. The molecule has 0 aliphatic carbocycles. The van der Waals surface area contributed by atoms with Gasteiger partial charge in [0.15, 0.2) is 0 Å². The van der Waals surface area contributed by atoms with Crippen LogP contribution >= 0.6 is 0 Å². The number of rotatable bonds is 3. The number of halogens is 3. The lowest BCUT2D eigenvalue weighted by molar-refractivity contribution is -0.274. The Labute approximate surface area is 130 Å². The van der Waals surface area contributed by atoms with Crippen molar-refractivity contribution in [1.82, 2.24) is 10.2 Å². The van der Waals surface area contributed by atoms with Crippen molar-refractivity contribution in [3.05, 3.63) is 24.3 Å². The van der Waals surface area contributed by atoms with E-state index in [4.69, 9.17) is 0 Å². The molecule has 0 bridgehead atoms. The SMILES string of the molecule is CN(C)C(=O)N[C@H]1CCN(c2cccc(OC(F)(F)F)c2)C1=O. The summed E-state index contributed by atoms with van der Waals surface area (Å²) in [6.07, 6.45) is -4.42. The normalized spacial score (nSPS) is 18.0. The van der Waals surface area contributed by atoms with Gasteiger partial charge in [-0.05, 0) is 18.6 Å². The molecule has 1 aromatic rings. The van der Waals surface area contributed by atoms with E-state index < -0.39 is 24.2 Å². The molecule has 1 saturated heterocycles. The zero-order valence-corrected chi connectivity index (χ0v) is 12.6. The van der Waals surface area contributed by atoms with Gasteiger partial charge >= 0.3 is 12.4 Å². The molecule has 1 heterocycles. The Balaban J connectivity index is 2.10. The van der Waals surface area contributed by atoms with Gasteiger partial charge in [0.2, 0.25) is 5.91 Å². The fourth-order valence-corrected chi connectivity index (χ4v) is 2.20. The van der Waals surface area contributed by atoms with Crippen LogP contribution in [0, 0.1) is 0 Å². The van der Waals surface area contributed by atoms with Crippen molar-refractivity contribution in [3.63, 3.8) is 0 Å². The highest BCUT2D eigenvalue weighted by molar-refractivity contribution is 6.01. The van der Waals surface area contributed by atoms with E-state index in [-0.39, 0.29) is 5.91 Å². The van der Waals surface area contributed by atoms with Gasteiger partial charge in [-0.15, -0.1) is 13.2 Å². The molecule has 23 heavy (non-hydrogen) atoms. The van der Waals surface area contributed by atoms with Gasteiger partial charge in [0.05, 0.1) is 0 Å². The van der Waals surface area contributed by atoms with Crippen LogP contribution < -0.4 is 15.0 Å². The number of hydrogen-bond donors (Lipinski definition) is 1. The summed E-state index contributed by atoms with van der Waals surface area (Å²) >= 11 is 0. The summed E-state index contributed by atoms with van der Waals surface area (Å²) in [6.45, 7) is 0.298. The molecule has 2 rings (SSSR count). The zero-order valence-electron chi connectivity index (χ0n) is 12.6. The van der Waals surface area contributed by atoms with Crippen molar-refractivity contribution in [2.24, 2.45) is 0 Å². The topological polar surface area (TPSA) is 61.9 Å². The molecule has 1 aromatic carbocycles. The predicted molar refractivity (Wildman–Crippen MR) is 76.1 cm³/mol. The smallest absolute Gasteiger partial charge is 0.406 e. The molecule has 0 unspecified atom stereocenters. The van der Waals surface area contributed by atoms with E-state index in [0.717, 1.165) is 12.1 Å². The predicted octanol–water partition coefficient (Wildman–Crippen LogP) is 1.96. The summed E-state index contributed by atoms with van der Waals surface area (Å²) in [6, 6.07) is 4.08. The second-order valence-corrected chi connectivity index (χ2v) is 5.22. The number of hydrogen-bond acceptors (Lipinski definition) is 3. The lowest BCUT2D eigenvalue weighted by Crippen LogP contribution is -2.45. The first-order valence-electron chi connectivity index (χ1n) is 6.82. The summed E-state index contributed by atoms with van der Waals surface area (Å²) in [5.74, 6) is -0.770. The number of carbonyl (C=O) groups excluding carboxylic acids is 2. The average Bonchev–Trinajstić information content (AvgIpc) is 2.78. The van der Waals surface area contributed by atoms with Crippen LogP contribution in [-0.4, -0.2) is 49.9 Å². The average molecular weight is 331 g/mol. The Kier molecular flexibility index (Phi) is 4.67. The number of benzene rings is 1. The largest absolute Gasteiger partial charge is 0.573 e. The van der Waals surface area contributed by atoms with Crippen LogP contribution in [0.5, 0.6) is 5.75 Å². The van der Waals surface area contributed by atoms with Crippen LogP contribution in [0.15, 0.2) is 24.3 Å². The number of anilines is 1. The fourth-order valence-electron chi connectivity index (χ4n) is 2.20. The van der Waals surface area contributed by atoms with Crippen molar-refractivity contribution in [1.29, 1.82) is 0 Å². The minimum absolute atomic E-state index is 0.290. The van der Waals surface area contributed by atoms with Gasteiger partial charge in [-0.3, -0.25) is 4.79 Å². The van der Waals surface area contributed by atoms with E-state index in [0.29, 0.717) is 18.7 Å². The van der Waals surface area contributed by atoms with Crippen LogP contribution in [0.25, 0.3) is 0 Å². The van der Waals surface area contributed by atoms with Gasteiger partial charge in [-0.25, -0.2) is 4.79 Å². The van der Waals surface area contributed by atoms with E-state index in [1.165, 1.54) is 21.9 Å². The van der Waals surface area contributed by atoms with E-state index in [1.54, 1.807) is 14.1 Å². The Morgan fingerprint density at radius 1 is 1.39 bits per heavy atom. The van der Waals surface area contributed by atoms with Gasteiger partial charge in [-0.2, -0.15) is 0 Å². The maximum atomic E-state index is 12.3. The van der Waals surface area contributed by atoms with Gasteiger partial charge in [0.25, 0.3) is 0 Å². The van der Waals surface area contributed by atoms with Crippen LogP contribution in [0.1, 0.15) is 6.42 Å².